The lowest BCUT2D eigenvalue weighted by atomic mass is 10.2. The third kappa shape index (κ3) is 1.83. The summed E-state index contributed by atoms with van der Waals surface area (Å²) < 4.78 is 12.9. The summed E-state index contributed by atoms with van der Waals surface area (Å²) in [4.78, 5) is 10.8. The summed E-state index contributed by atoms with van der Waals surface area (Å²) >= 11 is 0.968. The van der Waals surface area contributed by atoms with Gasteiger partial charge >= 0.3 is 5.30 Å². The number of cyclic esters (lactones) is 1. The van der Waals surface area contributed by atoms with Gasteiger partial charge in [0, 0.05) is 17.5 Å². The van der Waals surface area contributed by atoms with E-state index in [2.05, 4.69) is 4.72 Å². The number of benzene rings is 1. The normalized spacial score (nSPS) is 20.6. The molecule has 1 heterocycles. The standard InChI is InChI=1S/C9H9NO3S/c1-12-7-4-2-6(3-5-7)8-10-14-9(11)13-8/h2-5,8,10H,1H3. The zero-order valence-corrected chi connectivity index (χ0v) is 8.34. The molecule has 5 heteroatoms. The van der Waals surface area contributed by atoms with Crippen LogP contribution in [-0.4, -0.2) is 12.4 Å². The lowest BCUT2D eigenvalue weighted by Gasteiger charge is -2.08. The topological polar surface area (TPSA) is 47.6 Å². The van der Waals surface area contributed by atoms with Crippen LogP contribution >= 0.6 is 11.9 Å². The minimum atomic E-state index is -0.349. The van der Waals surface area contributed by atoms with E-state index >= 15 is 0 Å². The summed E-state index contributed by atoms with van der Waals surface area (Å²) in [5.41, 5.74) is 0.907. The summed E-state index contributed by atoms with van der Waals surface area (Å²) in [6, 6.07) is 7.37. The molecule has 0 bridgehead atoms. The predicted molar refractivity (Wildman–Crippen MR) is 52.9 cm³/mol. The highest BCUT2D eigenvalue weighted by Gasteiger charge is 2.24. The molecule has 2 rings (SSSR count). The molecule has 0 saturated carbocycles. The average molecular weight is 211 g/mol. The molecule has 1 N–H and O–H groups in total. The Balaban J connectivity index is 2.13. The van der Waals surface area contributed by atoms with Gasteiger partial charge in [-0.15, -0.1) is 0 Å². The minimum Gasteiger partial charge on any atom is -0.497 e. The molecule has 1 aliphatic rings. The maximum atomic E-state index is 10.8. The molecular weight excluding hydrogens is 202 g/mol. The average Bonchev–Trinajstić information content (AvgIpc) is 2.65. The van der Waals surface area contributed by atoms with E-state index in [-0.39, 0.29) is 11.5 Å². The Kier molecular flexibility index (Phi) is 2.60. The van der Waals surface area contributed by atoms with Crippen molar-refractivity contribution in [2.75, 3.05) is 7.11 Å². The molecule has 0 amide bonds. The van der Waals surface area contributed by atoms with Crippen LogP contribution < -0.4 is 9.46 Å². The molecule has 1 atom stereocenters. The fourth-order valence-electron chi connectivity index (χ4n) is 1.16. The van der Waals surface area contributed by atoms with Gasteiger partial charge in [0.05, 0.1) is 7.11 Å². The number of methoxy groups -OCH3 is 1. The van der Waals surface area contributed by atoms with Crippen molar-refractivity contribution in [2.24, 2.45) is 0 Å². The number of hydrogen-bond donors (Lipinski definition) is 1. The highest BCUT2D eigenvalue weighted by atomic mass is 32.2. The molecule has 74 valence electrons. The quantitative estimate of drug-likeness (QED) is 0.599. The van der Waals surface area contributed by atoms with Crippen molar-refractivity contribution in [1.29, 1.82) is 0 Å². The van der Waals surface area contributed by atoms with Crippen LogP contribution in [0, 0.1) is 0 Å². The fourth-order valence-corrected chi connectivity index (χ4v) is 1.69. The van der Waals surface area contributed by atoms with Crippen molar-refractivity contribution < 1.29 is 14.3 Å². The zero-order chi connectivity index (χ0) is 9.97. The molecule has 1 saturated heterocycles. The summed E-state index contributed by atoms with van der Waals surface area (Å²) in [5.74, 6) is 0.783. The van der Waals surface area contributed by atoms with Gasteiger partial charge in [0.1, 0.15) is 5.75 Å². The highest BCUT2D eigenvalue weighted by Crippen LogP contribution is 2.27. The molecule has 0 aliphatic carbocycles. The Hall–Kier alpha value is -1.20. The second-order valence-corrected chi connectivity index (χ2v) is 3.51. The second-order valence-electron chi connectivity index (χ2n) is 2.74. The van der Waals surface area contributed by atoms with E-state index in [4.69, 9.17) is 9.47 Å². The van der Waals surface area contributed by atoms with E-state index < -0.39 is 0 Å². The summed E-state index contributed by atoms with van der Waals surface area (Å²) in [6.45, 7) is 0. The third-order valence-electron chi connectivity index (χ3n) is 1.88. The Labute approximate surface area is 85.7 Å². The zero-order valence-electron chi connectivity index (χ0n) is 7.52. The molecule has 4 nitrogen and oxygen atoms in total. The number of hydrogen-bond acceptors (Lipinski definition) is 5. The first-order valence-electron chi connectivity index (χ1n) is 4.06. The Morgan fingerprint density at radius 1 is 1.43 bits per heavy atom. The van der Waals surface area contributed by atoms with E-state index in [1.54, 1.807) is 7.11 Å². The van der Waals surface area contributed by atoms with Gasteiger partial charge in [0.25, 0.3) is 0 Å². The maximum absolute atomic E-state index is 10.8. The van der Waals surface area contributed by atoms with Gasteiger partial charge in [0.2, 0.25) is 0 Å². The molecule has 0 aromatic heterocycles. The summed E-state index contributed by atoms with van der Waals surface area (Å²) in [5, 5.41) is -0.300. The largest absolute Gasteiger partial charge is 0.497 e. The molecule has 1 aromatic rings. The van der Waals surface area contributed by atoms with Gasteiger partial charge < -0.3 is 9.47 Å². The number of carbonyl (C=O) groups is 1. The van der Waals surface area contributed by atoms with Crippen LogP contribution in [0.1, 0.15) is 11.8 Å². The van der Waals surface area contributed by atoms with Crippen LogP contribution in [0.5, 0.6) is 5.75 Å². The van der Waals surface area contributed by atoms with Crippen molar-refractivity contribution in [3.05, 3.63) is 29.8 Å². The van der Waals surface area contributed by atoms with Gasteiger partial charge in [-0.3, -0.25) is 0 Å². The van der Waals surface area contributed by atoms with Gasteiger partial charge in [-0.2, -0.15) is 0 Å². The first-order chi connectivity index (χ1) is 6.79. The molecule has 0 radical (unpaired) electrons. The summed E-state index contributed by atoms with van der Waals surface area (Å²) in [6.07, 6.45) is -0.349. The molecule has 1 unspecified atom stereocenters. The van der Waals surface area contributed by atoms with Crippen LogP contribution in [0.3, 0.4) is 0 Å². The predicted octanol–water partition coefficient (Wildman–Crippen LogP) is 2.08. The van der Waals surface area contributed by atoms with Crippen LogP contribution in [-0.2, 0) is 4.74 Å². The van der Waals surface area contributed by atoms with Crippen molar-refractivity contribution in [2.45, 2.75) is 6.23 Å². The van der Waals surface area contributed by atoms with Gasteiger partial charge in [-0.25, -0.2) is 9.52 Å². The second kappa shape index (κ2) is 3.89. The van der Waals surface area contributed by atoms with Crippen LogP contribution in [0.4, 0.5) is 4.79 Å². The van der Waals surface area contributed by atoms with Crippen LogP contribution in [0.2, 0.25) is 0 Å². The van der Waals surface area contributed by atoms with E-state index in [9.17, 15) is 4.79 Å². The lowest BCUT2D eigenvalue weighted by Crippen LogP contribution is -2.08. The minimum absolute atomic E-state index is 0.300. The van der Waals surface area contributed by atoms with Crippen molar-refractivity contribution >= 4 is 17.2 Å². The van der Waals surface area contributed by atoms with Crippen molar-refractivity contribution in [3.8, 4) is 5.75 Å². The fraction of sp³-hybridized carbons (Fsp3) is 0.222. The SMILES string of the molecule is COc1ccc(C2NSC(=O)O2)cc1. The van der Waals surface area contributed by atoms with E-state index in [0.717, 1.165) is 23.3 Å². The monoisotopic (exact) mass is 211 g/mol. The molecule has 14 heavy (non-hydrogen) atoms. The molecule has 0 spiro atoms. The molecular formula is C9H9NO3S. The van der Waals surface area contributed by atoms with Gasteiger partial charge in [-0.05, 0) is 12.1 Å². The Morgan fingerprint density at radius 3 is 2.64 bits per heavy atom. The first-order valence-corrected chi connectivity index (χ1v) is 4.88. The van der Waals surface area contributed by atoms with Crippen LogP contribution in [0.25, 0.3) is 0 Å². The van der Waals surface area contributed by atoms with E-state index in [0.29, 0.717) is 0 Å². The van der Waals surface area contributed by atoms with Crippen LogP contribution in [0.15, 0.2) is 24.3 Å². The Morgan fingerprint density at radius 2 is 2.14 bits per heavy atom. The number of nitrogens with one attached hydrogen (secondary N) is 1. The molecule has 1 aliphatic heterocycles. The van der Waals surface area contributed by atoms with Crippen molar-refractivity contribution in [1.82, 2.24) is 4.72 Å². The van der Waals surface area contributed by atoms with E-state index in [1.807, 2.05) is 24.3 Å². The Bertz CT molecular complexity index is 338. The highest BCUT2D eigenvalue weighted by molar-refractivity contribution is 8.11. The first kappa shape index (κ1) is 9.36. The van der Waals surface area contributed by atoms with E-state index in [1.165, 1.54) is 0 Å². The molecule has 1 fully saturated rings. The molecule has 1 aromatic carbocycles. The van der Waals surface area contributed by atoms with Gasteiger partial charge in [-0.1, -0.05) is 12.1 Å². The maximum Gasteiger partial charge on any atom is 0.384 e. The van der Waals surface area contributed by atoms with Crippen molar-refractivity contribution in [3.63, 3.8) is 0 Å². The lowest BCUT2D eigenvalue weighted by molar-refractivity contribution is 0.131. The number of ether oxygens (including phenoxy) is 2. The van der Waals surface area contributed by atoms with Gasteiger partial charge in [0.15, 0.2) is 6.23 Å². The third-order valence-corrected chi connectivity index (χ3v) is 2.48. The smallest absolute Gasteiger partial charge is 0.384 e. The number of carbonyl (C=O) groups excluding carboxylic acids is 1. The summed E-state index contributed by atoms with van der Waals surface area (Å²) in [7, 11) is 1.61. The number of rotatable bonds is 2.